The molecule has 0 unspecified atom stereocenters. The highest BCUT2D eigenvalue weighted by molar-refractivity contribution is 8.19. The Kier molecular flexibility index (Phi) is 8.65. The van der Waals surface area contributed by atoms with Crippen molar-refractivity contribution in [3.8, 4) is 0 Å². The van der Waals surface area contributed by atoms with E-state index in [1.54, 1.807) is 0 Å². The molecule has 0 bridgehead atoms. The van der Waals surface area contributed by atoms with Gasteiger partial charge in [-0.1, -0.05) is 13.8 Å². The molecule has 0 radical (unpaired) electrons. The lowest BCUT2D eigenvalue weighted by Crippen LogP contribution is -2.25. The van der Waals surface area contributed by atoms with Gasteiger partial charge in [0.25, 0.3) is 0 Å². The Labute approximate surface area is 88.3 Å². The minimum atomic E-state index is 0.219. The van der Waals surface area contributed by atoms with Crippen molar-refractivity contribution >= 4 is 26.5 Å². The van der Waals surface area contributed by atoms with Gasteiger partial charge in [-0.3, -0.25) is 4.79 Å². The number of nitrogens with one attached hydrogen (secondary N) is 1. The van der Waals surface area contributed by atoms with E-state index < -0.39 is 0 Å². The van der Waals surface area contributed by atoms with Crippen molar-refractivity contribution in [1.29, 1.82) is 0 Å². The Balaban J connectivity index is 3.20. The second kappa shape index (κ2) is 8.63. The highest BCUT2D eigenvalue weighted by atomic mass is 32.4. The monoisotopic (exact) mass is 219 g/mol. The number of carbonyl (C=O) groups excluding carboxylic acids is 1. The van der Waals surface area contributed by atoms with Crippen LogP contribution in [0.2, 0.25) is 0 Å². The van der Waals surface area contributed by atoms with Gasteiger partial charge < -0.3 is 5.32 Å². The van der Waals surface area contributed by atoms with Gasteiger partial charge in [0.15, 0.2) is 0 Å². The summed E-state index contributed by atoms with van der Waals surface area (Å²) in [4.78, 5) is 11.2. The molecule has 0 spiro atoms. The second-order valence-corrected chi connectivity index (χ2v) is 6.35. The lowest BCUT2D eigenvalue weighted by molar-refractivity contribution is -0.121. The SMILES string of the molecule is CC(C)CCNC(=O)CCCS[SiH3]. The average molecular weight is 219 g/mol. The van der Waals surface area contributed by atoms with E-state index >= 15 is 0 Å². The summed E-state index contributed by atoms with van der Waals surface area (Å²) in [5.41, 5.74) is 0. The van der Waals surface area contributed by atoms with Crippen LogP contribution < -0.4 is 5.32 Å². The van der Waals surface area contributed by atoms with Gasteiger partial charge in [0.2, 0.25) is 5.91 Å². The zero-order chi connectivity index (χ0) is 10.1. The maximum Gasteiger partial charge on any atom is 0.220 e. The second-order valence-electron chi connectivity index (χ2n) is 3.63. The molecular formula is C9H21NOSSi. The molecule has 0 atom stereocenters. The molecule has 0 saturated heterocycles. The first-order valence-electron chi connectivity index (χ1n) is 4.92. The lowest BCUT2D eigenvalue weighted by atomic mass is 10.1. The zero-order valence-electron chi connectivity index (χ0n) is 8.93. The van der Waals surface area contributed by atoms with Gasteiger partial charge in [-0.2, -0.15) is 11.2 Å². The standard InChI is InChI=1S/C9H21NOSSi/c1-8(2)5-6-10-9(11)4-3-7-12-13/h8H,3-7H2,1-2,13H3,(H,10,11). The summed E-state index contributed by atoms with van der Waals surface area (Å²) in [5.74, 6) is 2.04. The van der Waals surface area contributed by atoms with Crippen molar-refractivity contribution in [3.63, 3.8) is 0 Å². The number of hydrogen-bond acceptors (Lipinski definition) is 2. The molecule has 0 aromatic heterocycles. The van der Waals surface area contributed by atoms with Gasteiger partial charge in [-0.05, 0) is 24.5 Å². The van der Waals surface area contributed by atoms with Crippen molar-refractivity contribution in [3.05, 3.63) is 0 Å². The van der Waals surface area contributed by atoms with Crippen LogP contribution in [0.5, 0.6) is 0 Å². The fraction of sp³-hybridized carbons (Fsp3) is 0.889. The molecule has 1 N–H and O–H groups in total. The van der Waals surface area contributed by atoms with Crippen LogP contribution in [0.4, 0.5) is 0 Å². The number of amides is 1. The zero-order valence-corrected chi connectivity index (χ0v) is 11.7. The summed E-state index contributed by atoms with van der Waals surface area (Å²) in [7, 11) is 1.18. The third kappa shape index (κ3) is 9.95. The predicted molar refractivity (Wildman–Crippen MR) is 64.1 cm³/mol. The van der Waals surface area contributed by atoms with Gasteiger partial charge in [-0.25, -0.2) is 0 Å². The Morgan fingerprint density at radius 3 is 2.77 bits per heavy atom. The van der Waals surface area contributed by atoms with Crippen LogP contribution in [0, 0.1) is 5.92 Å². The molecule has 0 aliphatic heterocycles. The van der Waals surface area contributed by atoms with Crippen molar-refractivity contribution in [2.45, 2.75) is 33.1 Å². The van der Waals surface area contributed by atoms with Gasteiger partial charge in [0.1, 0.15) is 0 Å². The van der Waals surface area contributed by atoms with E-state index in [9.17, 15) is 4.79 Å². The quantitative estimate of drug-likeness (QED) is 0.510. The molecule has 2 nitrogen and oxygen atoms in total. The van der Waals surface area contributed by atoms with Crippen LogP contribution in [0.3, 0.4) is 0 Å². The molecule has 78 valence electrons. The van der Waals surface area contributed by atoms with E-state index in [4.69, 9.17) is 0 Å². The Hall–Kier alpha value is 0.0369. The Morgan fingerprint density at radius 2 is 2.23 bits per heavy atom. The van der Waals surface area contributed by atoms with Crippen molar-refractivity contribution < 1.29 is 4.79 Å². The topological polar surface area (TPSA) is 29.1 Å². The molecule has 1 amide bonds. The first-order chi connectivity index (χ1) is 6.16. The highest BCUT2D eigenvalue weighted by Crippen LogP contribution is 1.99. The summed E-state index contributed by atoms with van der Waals surface area (Å²) in [5, 5.41) is 2.94. The van der Waals surface area contributed by atoms with Crippen LogP contribution in [-0.4, -0.2) is 27.6 Å². The van der Waals surface area contributed by atoms with Gasteiger partial charge in [0, 0.05) is 13.0 Å². The molecule has 0 saturated carbocycles. The molecule has 0 heterocycles. The summed E-state index contributed by atoms with van der Waals surface area (Å²) < 4.78 is 0. The number of carbonyl (C=O) groups is 1. The first kappa shape index (κ1) is 13.0. The molecule has 0 aromatic carbocycles. The van der Waals surface area contributed by atoms with E-state index in [1.165, 1.54) is 9.39 Å². The summed E-state index contributed by atoms with van der Waals surface area (Å²) in [6.07, 6.45) is 2.82. The summed E-state index contributed by atoms with van der Waals surface area (Å²) >= 11 is 1.93. The lowest BCUT2D eigenvalue weighted by Gasteiger charge is -2.06. The van der Waals surface area contributed by atoms with E-state index in [2.05, 4.69) is 19.2 Å². The number of hydrogen-bond donors (Lipinski definition) is 1. The maximum atomic E-state index is 11.2. The van der Waals surface area contributed by atoms with Crippen molar-refractivity contribution in [2.75, 3.05) is 12.3 Å². The van der Waals surface area contributed by atoms with E-state index in [-0.39, 0.29) is 5.91 Å². The van der Waals surface area contributed by atoms with Crippen LogP contribution in [-0.2, 0) is 4.79 Å². The summed E-state index contributed by atoms with van der Waals surface area (Å²) in [6.45, 7) is 5.18. The van der Waals surface area contributed by atoms with Crippen LogP contribution in [0.1, 0.15) is 33.1 Å². The molecule has 0 rings (SSSR count). The first-order valence-corrected chi connectivity index (χ1v) is 8.76. The van der Waals surface area contributed by atoms with Gasteiger partial charge in [-0.15, -0.1) is 0 Å². The third-order valence-corrected chi connectivity index (χ3v) is 3.72. The largest absolute Gasteiger partial charge is 0.356 e. The number of rotatable bonds is 7. The van der Waals surface area contributed by atoms with E-state index in [1.807, 2.05) is 11.2 Å². The molecule has 0 aliphatic carbocycles. The third-order valence-electron chi connectivity index (χ3n) is 1.80. The normalized spacial score (nSPS) is 10.7. The molecule has 0 aliphatic rings. The minimum Gasteiger partial charge on any atom is -0.356 e. The molecule has 13 heavy (non-hydrogen) atoms. The Bertz CT molecular complexity index is 142. The van der Waals surface area contributed by atoms with Gasteiger partial charge >= 0.3 is 0 Å². The molecular weight excluding hydrogens is 198 g/mol. The van der Waals surface area contributed by atoms with Crippen LogP contribution in [0.25, 0.3) is 0 Å². The van der Waals surface area contributed by atoms with Crippen LogP contribution in [0.15, 0.2) is 0 Å². The highest BCUT2D eigenvalue weighted by Gasteiger charge is 2.00. The van der Waals surface area contributed by atoms with Gasteiger partial charge in [0.05, 0.1) is 9.39 Å². The van der Waals surface area contributed by atoms with E-state index in [0.717, 1.165) is 25.1 Å². The Morgan fingerprint density at radius 1 is 1.54 bits per heavy atom. The molecule has 4 heteroatoms. The smallest absolute Gasteiger partial charge is 0.220 e. The fourth-order valence-electron chi connectivity index (χ4n) is 0.966. The predicted octanol–water partition coefficient (Wildman–Crippen LogP) is 0.942. The van der Waals surface area contributed by atoms with Crippen molar-refractivity contribution in [1.82, 2.24) is 5.32 Å². The van der Waals surface area contributed by atoms with E-state index in [0.29, 0.717) is 12.3 Å². The van der Waals surface area contributed by atoms with Crippen LogP contribution >= 0.6 is 11.2 Å². The fourth-order valence-corrected chi connectivity index (χ4v) is 2.26. The molecule has 0 aromatic rings. The molecule has 0 fully saturated rings. The summed E-state index contributed by atoms with van der Waals surface area (Å²) in [6, 6.07) is 0. The minimum absolute atomic E-state index is 0.219. The average Bonchev–Trinajstić information content (AvgIpc) is 2.04. The maximum absolute atomic E-state index is 11.2. The van der Waals surface area contributed by atoms with Crippen molar-refractivity contribution in [2.24, 2.45) is 5.92 Å².